The van der Waals surface area contributed by atoms with Gasteiger partial charge in [-0.2, -0.15) is 0 Å². The van der Waals surface area contributed by atoms with E-state index in [9.17, 15) is 8.42 Å². The Labute approximate surface area is 128 Å². The van der Waals surface area contributed by atoms with Crippen molar-refractivity contribution in [3.05, 3.63) is 30.3 Å². The van der Waals surface area contributed by atoms with Crippen molar-refractivity contribution < 1.29 is 8.42 Å². The highest BCUT2D eigenvalue weighted by atomic mass is 35.5. The van der Waals surface area contributed by atoms with Crippen LogP contribution in [0.2, 0.25) is 0 Å². The van der Waals surface area contributed by atoms with Gasteiger partial charge in [-0.1, -0.05) is 18.2 Å². The fraction of sp³-hybridized carbons (Fsp3) is 0.571. The molecule has 1 fully saturated rings. The van der Waals surface area contributed by atoms with E-state index in [1.165, 1.54) is 12.8 Å². The lowest BCUT2D eigenvalue weighted by Crippen LogP contribution is -2.50. The fourth-order valence-corrected chi connectivity index (χ4v) is 3.98. The Morgan fingerprint density at radius 3 is 2.25 bits per heavy atom. The number of halogens is 1. The van der Waals surface area contributed by atoms with Crippen molar-refractivity contribution in [3.63, 3.8) is 0 Å². The Balaban J connectivity index is 0.00000200. The van der Waals surface area contributed by atoms with Gasteiger partial charge in [0.1, 0.15) is 0 Å². The number of rotatable bonds is 5. The highest BCUT2D eigenvalue weighted by Gasteiger charge is 2.29. The average Bonchev–Trinajstić information content (AvgIpc) is 2.80. The zero-order chi connectivity index (χ0) is 13.9. The third-order valence-electron chi connectivity index (χ3n) is 3.28. The molecule has 114 valence electrons. The third-order valence-corrected chi connectivity index (χ3v) is 5.00. The second-order valence-corrected chi connectivity index (χ2v) is 7.47. The topological polar surface area (TPSA) is 49.4 Å². The van der Waals surface area contributed by atoms with Crippen LogP contribution in [-0.2, 0) is 10.0 Å². The largest absolute Gasteiger partial charge is 0.301 e. The molecule has 0 aromatic heterocycles. The SMILES string of the molecule is CC(C)(CN1CCCC1)NS(=O)(=O)c1ccccc1.Cl. The minimum absolute atomic E-state index is 0. The van der Waals surface area contributed by atoms with Gasteiger partial charge in [0, 0.05) is 12.1 Å². The molecule has 0 spiro atoms. The van der Waals surface area contributed by atoms with Gasteiger partial charge in [-0.05, 0) is 51.9 Å². The molecule has 1 aromatic carbocycles. The summed E-state index contributed by atoms with van der Waals surface area (Å²) in [4.78, 5) is 2.64. The van der Waals surface area contributed by atoms with Gasteiger partial charge in [0.05, 0.1) is 4.90 Å². The molecule has 1 aromatic rings. The molecule has 0 atom stereocenters. The van der Waals surface area contributed by atoms with Crippen molar-refractivity contribution in [3.8, 4) is 0 Å². The third kappa shape index (κ3) is 4.74. The van der Waals surface area contributed by atoms with Gasteiger partial charge >= 0.3 is 0 Å². The quantitative estimate of drug-likeness (QED) is 0.906. The number of hydrogen-bond donors (Lipinski definition) is 1. The Hall–Kier alpha value is -0.620. The van der Waals surface area contributed by atoms with Crippen LogP contribution >= 0.6 is 12.4 Å². The van der Waals surface area contributed by atoms with Gasteiger partial charge in [-0.3, -0.25) is 0 Å². The second-order valence-electron chi connectivity index (χ2n) is 5.79. The lowest BCUT2D eigenvalue weighted by atomic mass is 10.1. The van der Waals surface area contributed by atoms with Gasteiger partial charge in [-0.25, -0.2) is 13.1 Å². The first-order valence-electron chi connectivity index (χ1n) is 6.70. The molecule has 1 N–H and O–H groups in total. The van der Waals surface area contributed by atoms with Crippen LogP contribution in [0.5, 0.6) is 0 Å². The first kappa shape index (κ1) is 17.4. The van der Waals surface area contributed by atoms with E-state index in [-0.39, 0.29) is 12.4 Å². The molecule has 2 rings (SSSR count). The summed E-state index contributed by atoms with van der Waals surface area (Å²) >= 11 is 0. The number of nitrogens with one attached hydrogen (secondary N) is 1. The van der Waals surface area contributed by atoms with E-state index in [2.05, 4.69) is 9.62 Å². The lowest BCUT2D eigenvalue weighted by molar-refractivity contribution is 0.257. The molecule has 0 saturated carbocycles. The Morgan fingerprint density at radius 1 is 1.15 bits per heavy atom. The van der Waals surface area contributed by atoms with Gasteiger partial charge in [0.15, 0.2) is 0 Å². The van der Waals surface area contributed by atoms with Crippen molar-refractivity contribution >= 4 is 22.4 Å². The van der Waals surface area contributed by atoms with Gasteiger partial charge in [0.2, 0.25) is 10.0 Å². The summed E-state index contributed by atoms with van der Waals surface area (Å²) in [6, 6.07) is 8.53. The van der Waals surface area contributed by atoms with Crippen molar-refractivity contribution in [2.45, 2.75) is 37.1 Å². The maximum atomic E-state index is 12.3. The standard InChI is InChI=1S/C14H22N2O2S.ClH/c1-14(2,12-16-10-6-7-11-16)15-19(17,18)13-8-4-3-5-9-13;/h3-5,8-9,15H,6-7,10-12H2,1-2H3;1H. The van der Waals surface area contributed by atoms with Crippen molar-refractivity contribution in [1.29, 1.82) is 0 Å². The molecule has 1 aliphatic heterocycles. The van der Waals surface area contributed by atoms with Gasteiger partial charge in [0.25, 0.3) is 0 Å². The summed E-state index contributed by atoms with van der Waals surface area (Å²) in [5, 5.41) is 0. The maximum Gasteiger partial charge on any atom is 0.241 e. The summed E-state index contributed by atoms with van der Waals surface area (Å²) in [6.07, 6.45) is 2.42. The van der Waals surface area contributed by atoms with Gasteiger partial charge in [-0.15, -0.1) is 12.4 Å². The zero-order valence-corrected chi connectivity index (χ0v) is 13.6. The van der Waals surface area contributed by atoms with E-state index in [4.69, 9.17) is 0 Å². The number of benzene rings is 1. The molecule has 1 heterocycles. The van der Waals surface area contributed by atoms with E-state index in [1.54, 1.807) is 24.3 Å². The second kappa shape index (κ2) is 6.89. The minimum Gasteiger partial charge on any atom is -0.301 e. The fourth-order valence-electron chi connectivity index (χ4n) is 2.55. The summed E-state index contributed by atoms with van der Waals surface area (Å²) < 4.78 is 27.4. The van der Waals surface area contributed by atoms with Crippen LogP contribution in [0.15, 0.2) is 35.2 Å². The summed E-state index contributed by atoms with van der Waals surface area (Å²) in [5.41, 5.74) is -0.459. The molecular formula is C14H23ClN2O2S. The summed E-state index contributed by atoms with van der Waals surface area (Å²) in [5.74, 6) is 0. The maximum absolute atomic E-state index is 12.3. The number of likely N-dealkylation sites (tertiary alicyclic amines) is 1. The highest BCUT2D eigenvalue weighted by molar-refractivity contribution is 7.89. The zero-order valence-electron chi connectivity index (χ0n) is 12.0. The Morgan fingerprint density at radius 2 is 1.70 bits per heavy atom. The molecule has 20 heavy (non-hydrogen) atoms. The minimum atomic E-state index is -3.44. The predicted molar refractivity (Wildman–Crippen MR) is 83.8 cm³/mol. The highest BCUT2D eigenvalue weighted by Crippen LogP contribution is 2.16. The number of nitrogens with zero attached hydrogens (tertiary/aromatic N) is 1. The van der Waals surface area contributed by atoms with Crippen molar-refractivity contribution in [2.75, 3.05) is 19.6 Å². The predicted octanol–water partition coefficient (Wildman–Crippen LogP) is 2.26. The molecule has 6 heteroatoms. The molecule has 0 aliphatic carbocycles. The monoisotopic (exact) mass is 318 g/mol. The average molecular weight is 319 g/mol. The normalized spacial score (nSPS) is 16.9. The summed E-state index contributed by atoms with van der Waals surface area (Å²) in [6.45, 7) is 6.75. The van der Waals surface area contributed by atoms with Crippen LogP contribution in [0, 0.1) is 0 Å². The van der Waals surface area contributed by atoms with E-state index in [1.807, 2.05) is 19.9 Å². The molecular weight excluding hydrogens is 296 g/mol. The lowest BCUT2D eigenvalue weighted by Gasteiger charge is -2.30. The van der Waals surface area contributed by atoms with Crippen LogP contribution in [0.1, 0.15) is 26.7 Å². The Kier molecular flexibility index (Phi) is 6.01. The smallest absolute Gasteiger partial charge is 0.241 e. The van der Waals surface area contributed by atoms with Crippen LogP contribution in [0.4, 0.5) is 0 Å². The van der Waals surface area contributed by atoms with Crippen LogP contribution < -0.4 is 4.72 Å². The van der Waals surface area contributed by atoms with Crippen LogP contribution in [0.25, 0.3) is 0 Å². The Bertz CT molecular complexity index is 511. The summed E-state index contributed by atoms with van der Waals surface area (Å²) in [7, 11) is -3.44. The van der Waals surface area contributed by atoms with Crippen molar-refractivity contribution in [2.24, 2.45) is 0 Å². The van der Waals surface area contributed by atoms with Crippen molar-refractivity contribution in [1.82, 2.24) is 9.62 Å². The first-order chi connectivity index (χ1) is 8.89. The van der Waals surface area contributed by atoms with E-state index in [0.29, 0.717) is 4.90 Å². The molecule has 0 radical (unpaired) electrons. The van der Waals surface area contributed by atoms with E-state index < -0.39 is 15.6 Å². The molecule has 1 aliphatic rings. The number of hydrogen-bond acceptors (Lipinski definition) is 3. The van der Waals surface area contributed by atoms with Crippen LogP contribution in [-0.4, -0.2) is 38.5 Å². The van der Waals surface area contributed by atoms with E-state index in [0.717, 1.165) is 19.6 Å². The molecule has 4 nitrogen and oxygen atoms in total. The van der Waals surface area contributed by atoms with Crippen LogP contribution in [0.3, 0.4) is 0 Å². The molecule has 0 unspecified atom stereocenters. The molecule has 0 bridgehead atoms. The van der Waals surface area contributed by atoms with Gasteiger partial charge < -0.3 is 4.90 Å². The molecule has 1 saturated heterocycles. The number of sulfonamides is 1. The molecule has 0 amide bonds. The van der Waals surface area contributed by atoms with E-state index >= 15 is 0 Å². The first-order valence-corrected chi connectivity index (χ1v) is 8.19.